The molecule has 1 aliphatic rings. The van der Waals surface area contributed by atoms with Gasteiger partial charge in [0.2, 0.25) is 0 Å². The van der Waals surface area contributed by atoms with Crippen LogP contribution >= 0.6 is 12.2 Å². The molecule has 2 rings (SSSR count). The van der Waals surface area contributed by atoms with E-state index < -0.39 is 0 Å². The molecule has 0 amide bonds. The van der Waals surface area contributed by atoms with Gasteiger partial charge in [0.15, 0.2) is 0 Å². The molecule has 58 valence electrons. The second-order valence-corrected chi connectivity index (χ2v) is 3.09. The van der Waals surface area contributed by atoms with Crippen LogP contribution in [0.1, 0.15) is 24.2 Å². The second-order valence-electron chi connectivity index (χ2n) is 2.70. The van der Waals surface area contributed by atoms with Gasteiger partial charge in [0, 0.05) is 23.8 Å². The first-order valence-electron chi connectivity index (χ1n) is 3.59. The molecular weight excluding hydrogens is 158 g/mol. The standard InChI is InChI=1S/C7H9N3S/c1-4-6-5(2-8-4)7(11)10-3-9-6/h3-4,8H,2H2,1H3,(H,9,10,11). The molecule has 1 unspecified atom stereocenters. The van der Waals surface area contributed by atoms with Crippen LogP contribution in [0, 0.1) is 4.64 Å². The summed E-state index contributed by atoms with van der Waals surface area (Å²) in [5, 5.41) is 3.29. The molecule has 1 aromatic rings. The van der Waals surface area contributed by atoms with Crippen molar-refractivity contribution in [2.45, 2.75) is 19.5 Å². The minimum Gasteiger partial charge on any atom is -0.348 e. The third-order valence-electron chi connectivity index (χ3n) is 2.00. The Morgan fingerprint density at radius 3 is 3.27 bits per heavy atom. The number of rotatable bonds is 0. The van der Waals surface area contributed by atoms with Gasteiger partial charge in [-0.2, -0.15) is 0 Å². The molecular formula is C7H9N3S. The van der Waals surface area contributed by atoms with E-state index in [-0.39, 0.29) is 0 Å². The van der Waals surface area contributed by atoms with Crippen molar-refractivity contribution in [3.05, 3.63) is 22.2 Å². The summed E-state index contributed by atoms with van der Waals surface area (Å²) in [6.07, 6.45) is 1.66. The SMILES string of the molecule is CC1NCc2c1[nH]cnc2=S. The van der Waals surface area contributed by atoms with Gasteiger partial charge < -0.3 is 10.3 Å². The fourth-order valence-electron chi connectivity index (χ4n) is 1.36. The molecule has 0 saturated heterocycles. The molecule has 0 radical (unpaired) electrons. The highest BCUT2D eigenvalue weighted by Gasteiger charge is 2.18. The summed E-state index contributed by atoms with van der Waals surface area (Å²) < 4.78 is 0.718. The lowest BCUT2D eigenvalue weighted by Gasteiger charge is -2.01. The molecule has 2 heterocycles. The van der Waals surface area contributed by atoms with Crippen LogP contribution < -0.4 is 5.32 Å². The molecule has 0 bridgehead atoms. The summed E-state index contributed by atoms with van der Waals surface area (Å²) >= 11 is 5.06. The maximum atomic E-state index is 5.06. The summed E-state index contributed by atoms with van der Waals surface area (Å²) in [7, 11) is 0. The fourth-order valence-corrected chi connectivity index (χ4v) is 1.59. The number of aromatic amines is 1. The van der Waals surface area contributed by atoms with Crippen LogP contribution in [0.25, 0.3) is 0 Å². The number of H-pyrrole nitrogens is 1. The molecule has 0 aliphatic carbocycles. The molecule has 2 N–H and O–H groups in total. The van der Waals surface area contributed by atoms with E-state index in [2.05, 4.69) is 22.2 Å². The molecule has 1 aromatic heterocycles. The normalized spacial score (nSPS) is 21.7. The van der Waals surface area contributed by atoms with Crippen molar-refractivity contribution in [3.63, 3.8) is 0 Å². The van der Waals surface area contributed by atoms with E-state index in [0.717, 1.165) is 16.7 Å². The van der Waals surface area contributed by atoms with E-state index in [1.807, 2.05) is 0 Å². The van der Waals surface area contributed by atoms with Gasteiger partial charge in [-0.3, -0.25) is 0 Å². The monoisotopic (exact) mass is 167 g/mol. The molecule has 1 atom stereocenters. The lowest BCUT2D eigenvalue weighted by Crippen LogP contribution is -2.07. The summed E-state index contributed by atoms with van der Waals surface area (Å²) in [6, 6.07) is 0.384. The molecule has 0 fully saturated rings. The summed E-state index contributed by atoms with van der Waals surface area (Å²) in [6.45, 7) is 2.96. The maximum Gasteiger partial charge on any atom is 0.134 e. The van der Waals surface area contributed by atoms with Crippen molar-refractivity contribution >= 4 is 12.2 Å². The second kappa shape index (κ2) is 2.39. The van der Waals surface area contributed by atoms with Crippen LogP contribution in [-0.4, -0.2) is 9.97 Å². The van der Waals surface area contributed by atoms with E-state index in [9.17, 15) is 0 Å². The van der Waals surface area contributed by atoms with Gasteiger partial charge in [0.1, 0.15) is 4.64 Å². The highest BCUT2D eigenvalue weighted by Crippen LogP contribution is 2.21. The Morgan fingerprint density at radius 2 is 2.55 bits per heavy atom. The predicted octanol–water partition coefficient (Wildman–Crippen LogP) is 1.30. The van der Waals surface area contributed by atoms with Crippen molar-refractivity contribution < 1.29 is 0 Å². The lowest BCUT2D eigenvalue weighted by molar-refractivity contribution is 0.623. The Balaban J connectivity index is 2.66. The van der Waals surface area contributed by atoms with Crippen LogP contribution in [-0.2, 0) is 6.54 Å². The number of aromatic nitrogens is 2. The molecule has 1 aliphatic heterocycles. The molecule has 3 nitrogen and oxygen atoms in total. The Hall–Kier alpha value is -0.740. The van der Waals surface area contributed by atoms with Gasteiger partial charge in [-0.1, -0.05) is 12.2 Å². The number of hydrogen-bond donors (Lipinski definition) is 2. The zero-order valence-corrected chi connectivity index (χ0v) is 7.03. The zero-order chi connectivity index (χ0) is 7.84. The van der Waals surface area contributed by atoms with Gasteiger partial charge in [0.25, 0.3) is 0 Å². The highest BCUT2D eigenvalue weighted by molar-refractivity contribution is 7.71. The minimum atomic E-state index is 0.384. The summed E-state index contributed by atoms with van der Waals surface area (Å²) in [5.74, 6) is 0. The molecule has 4 heteroatoms. The van der Waals surface area contributed by atoms with Gasteiger partial charge in [0.05, 0.1) is 6.33 Å². The van der Waals surface area contributed by atoms with Crippen molar-refractivity contribution in [1.82, 2.24) is 15.3 Å². The van der Waals surface area contributed by atoms with Crippen LogP contribution in [0.3, 0.4) is 0 Å². The van der Waals surface area contributed by atoms with E-state index in [1.165, 1.54) is 5.69 Å². The topological polar surface area (TPSA) is 40.7 Å². The van der Waals surface area contributed by atoms with Crippen molar-refractivity contribution in [2.24, 2.45) is 0 Å². The smallest absolute Gasteiger partial charge is 0.134 e. The van der Waals surface area contributed by atoms with Gasteiger partial charge in [-0.15, -0.1) is 0 Å². The average Bonchev–Trinajstić information content (AvgIpc) is 2.35. The Bertz CT molecular complexity index is 331. The molecule has 0 aromatic carbocycles. The Kier molecular flexibility index (Phi) is 1.51. The van der Waals surface area contributed by atoms with Crippen LogP contribution in [0.2, 0.25) is 0 Å². The van der Waals surface area contributed by atoms with Gasteiger partial charge in [-0.05, 0) is 6.92 Å². The Labute approximate surface area is 69.9 Å². The van der Waals surface area contributed by atoms with Crippen molar-refractivity contribution in [2.75, 3.05) is 0 Å². The fraction of sp³-hybridized carbons (Fsp3) is 0.429. The van der Waals surface area contributed by atoms with E-state index in [4.69, 9.17) is 12.2 Å². The molecule has 0 spiro atoms. The first-order valence-corrected chi connectivity index (χ1v) is 3.99. The average molecular weight is 167 g/mol. The third kappa shape index (κ3) is 0.985. The van der Waals surface area contributed by atoms with Gasteiger partial charge in [-0.25, -0.2) is 4.98 Å². The maximum absolute atomic E-state index is 5.06. The van der Waals surface area contributed by atoms with Crippen LogP contribution in [0.15, 0.2) is 6.33 Å². The van der Waals surface area contributed by atoms with Crippen molar-refractivity contribution in [3.8, 4) is 0 Å². The third-order valence-corrected chi connectivity index (χ3v) is 2.35. The number of fused-ring (bicyclic) bond motifs is 1. The Morgan fingerprint density at radius 1 is 1.73 bits per heavy atom. The summed E-state index contributed by atoms with van der Waals surface area (Å²) in [4.78, 5) is 7.10. The van der Waals surface area contributed by atoms with Gasteiger partial charge >= 0.3 is 0 Å². The predicted molar refractivity (Wildman–Crippen MR) is 44.7 cm³/mol. The van der Waals surface area contributed by atoms with Crippen molar-refractivity contribution in [1.29, 1.82) is 0 Å². The number of nitrogens with one attached hydrogen (secondary N) is 2. The molecule has 11 heavy (non-hydrogen) atoms. The van der Waals surface area contributed by atoms with E-state index >= 15 is 0 Å². The first kappa shape index (κ1) is 6.94. The van der Waals surface area contributed by atoms with E-state index in [1.54, 1.807) is 6.33 Å². The first-order chi connectivity index (χ1) is 5.29. The molecule has 0 saturated carbocycles. The lowest BCUT2D eigenvalue weighted by atomic mass is 10.2. The summed E-state index contributed by atoms with van der Waals surface area (Å²) in [5.41, 5.74) is 2.33. The highest BCUT2D eigenvalue weighted by atomic mass is 32.1. The zero-order valence-electron chi connectivity index (χ0n) is 6.22. The number of hydrogen-bond acceptors (Lipinski definition) is 3. The van der Waals surface area contributed by atoms with E-state index in [0.29, 0.717) is 6.04 Å². The minimum absolute atomic E-state index is 0.384. The number of nitrogens with zero attached hydrogens (tertiary/aromatic N) is 1. The quantitative estimate of drug-likeness (QED) is 0.572. The van der Waals surface area contributed by atoms with Crippen LogP contribution in [0.5, 0.6) is 0 Å². The largest absolute Gasteiger partial charge is 0.348 e. The van der Waals surface area contributed by atoms with Crippen LogP contribution in [0.4, 0.5) is 0 Å².